The van der Waals surface area contributed by atoms with Gasteiger partial charge in [0.2, 0.25) is 0 Å². The summed E-state index contributed by atoms with van der Waals surface area (Å²) in [4.78, 5) is 10.9. The Morgan fingerprint density at radius 3 is 2.62 bits per heavy atom. The number of halogens is 1. The summed E-state index contributed by atoms with van der Waals surface area (Å²) >= 11 is 0. The number of carbonyl (C=O) groups is 1. The second-order valence-corrected chi connectivity index (χ2v) is 5.89. The number of hydrogen-bond donors (Lipinski definition) is 3. The molecule has 0 amide bonds. The van der Waals surface area contributed by atoms with Gasteiger partial charge < -0.3 is 15.5 Å². The van der Waals surface area contributed by atoms with E-state index in [4.69, 9.17) is 5.11 Å². The number of phenolic OH excluding ortho intramolecular Hbond substituents is 1. The minimum atomic E-state index is -0.689. The van der Waals surface area contributed by atoms with Crippen molar-refractivity contribution in [2.75, 3.05) is 6.54 Å². The highest BCUT2D eigenvalue weighted by Gasteiger charge is 2.26. The highest BCUT2D eigenvalue weighted by molar-refractivity contribution is 5.69. The lowest BCUT2D eigenvalue weighted by Gasteiger charge is -2.27. The first-order valence-electron chi connectivity index (χ1n) is 7.42. The quantitative estimate of drug-likeness (QED) is 0.781. The maximum Gasteiger partial charge on any atom is 0.306 e. The number of aromatic hydroxyl groups is 1. The molecule has 0 aliphatic heterocycles. The first-order valence-corrected chi connectivity index (χ1v) is 7.42. The summed E-state index contributed by atoms with van der Waals surface area (Å²) in [6.07, 6.45) is 3.29. The average molecular weight is 295 g/mol. The van der Waals surface area contributed by atoms with E-state index in [1.165, 1.54) is 6.07 Å². The van der Waals surface area contributed by atoms with E-state index in [2.05, 4.69) is 5.32 Å². The molecule has 1 aromatic rings. The molecule has 4 nitrogen and oxygen atoms in total. The molecule has 1 aromatic carbocycles. The predicted octanol–water partition coefficient (Wildman–Crippen LogP) is 3.07. The zero-order valence-corrected chi connectivity index (χ0v) is 12.2. The summed E-state index contributed by atoms with van der Waals surface area (Å²) in [6, 6.07) is 3.98. The second kappa shape index (κ2) is 6.89. The smallest absolute Gasteiger partial charge is 0.306 e. The van der Waals surface area contributed by atoms with E-state index in [-0.39, 0.29) is 17.7 Å². The van der Waals surface area contributed by atoms with Crippen LogP contribution in [0.2, 0.25) is 0 Å². The number of phenols is 1. The van der Waals surface area contributed by atoms with E-state index in [1.54, 1.807) is 6.07 Å². The molecule has 1 unspecified atom stereocenters. The number of nitrogens with one attached hydrogen (secondary N) is 1. The molecule has 0 bridgehead atoms. The van der Waals surface area contributed by atoms with E-state index in [0.29, 0.717) is 11.5 Å². The van der Waals surface area contributed by atoms with Gasteiger partial charge in [0.1, 0.15) is 11.6 Å². The third-order valence-corrected chi connectivity index (χ3v) is 4.37. The monoisotopic (exact) mass is 295 g/mol. The van der Waals surface area contributed by atoms with Gasteiger partial charge in [-0.05, 0) is 51.1 Å². The van der Waals surface area contributed by atoms with Crippen LogP contribution in [0, 0.1) is 17.7 Å². The lowest BCUT2D eigenvalue weighted by atomic mass is 9.82. The molecule has 1 fully saturated rings. The third-order valence-electron chi connectivity index (χ3n) is 4.37. The van der Waals surface area contributed by atoms with Crippen LogP contribution in [-0.4, -0.2) is 22.7 Å². The summed E-state index contributed by atoms with van der Waals surface area (Å²) < 4.78 is 13.0. The van der Waals surface area contributed by atoms with Crippen LogP contribution in [0.25, 0.3) is 0 Å². The SMILES string of the molecule is CC(NCC1CCC(C(=O)O)CC1)c1ccc(F)cc1O. The Balaban J connectivity index is 1.82. The fourth-order valence-electron chi connectivity index (χ4n) is 2.95. The Morgan fingerprint density at radius 2 is 2.05 bits per heavy atom. The first-order chi connectivity index (χ1) is 9.97. The maximum atomic E-state index is 13.0. The van der Waals surface area contributed by atoms with Crippen molar-refractivity contribution in [3.05, 3.63) is 29.6 Å². The van der Waals surface area contributed by atoms with Gasteiger partial charge in [-0.15, -0.1) is 0 Å². The van der Waals surface area contributed by atoms with Crippen LogP contribution in [0.15, 0.2) is 18.2 Å². The summed E-state index contributed by atoms with van der Waals surface area (Å²) in [5.74, 6) is -0.906. The van der Waals surface area contributed by atoms with Crippen LogP contribution in [0.5, 0.6) is 5.75 Å². The molecule has 116 valence electrons. The Hall–Kier alpha value is -1.62. The van der Waals surface area contributed by atoms with Crippen molar-refractivity contribution in [3.8, 4) is 5.75 Å². The fraction of sp³-hybridized carbons (Fsp3) is 0.562. The van der Waals surface area contributed by atoms with Gasteiger partial charge in [-0.25, -0.2) is 4.39 Å². The highest BCUT2D eigenvalue weighted by Crippen LogP contribution is 2.30. The standard InChI is InChI=1S/C16H22FNO3/c1-10(14-7-6-13(17)8-15(14)19)18-9-11-2-4-12(5-3-11)16(20)21/h6-8,10-12,18-19H,2-5,9H2,1H3,(H,20,21). The van der Waals surface area contributed by atoms with Crippen molar-refractivity contribution >= 4 is 5.97 Å². The third kappa shape index (κ3) is 4.17. The fourth-order valence-corrected chi connectivity index (χ4v) is 2.95. The van der Waals surface area contributed by atoms with Crippen LogP contribution in [0.4, 0.5) is 4.39 Å². The molecule has 3 N–H and O–H groups in total. The zero-order chi connectivity index (χ0) is 15.4. The molecule has 0 heterocycles. The van der Waals surface area contributed by atoms with Gasteiger partial charge in [-0.3, -0.25) is 4.79 Å². The Morgan fingerprint density at radius 1 is 1.38 bits per heavy atom. The Kier molecular flexibility index (Phi) is 5.17. The van der Waals surface area contributed by atoms with Crippen molar-refractivity contribution in [1.29, 1.82) is 0 Å². The van der Waals surface area contributed by atoms with Crippen LogP contribution in [0.3, 0.4) is 0 Å². The van der Waals surface area contributed by atoms with Crippen LogP contribution >= 0.6 is 0 Å². The molecule has 0 radical (unpaired) electrons. The summed E-state index contributed by atoms with van der Waals surface area (Å²) in [6.45, 7) is 2.71. The van der Waals surface area contributed by atoms with Crippen molar-refractivity contribution in [2.45, 2.75) is 38.6 Å². The van der Waals surface area contributed by atoms with Gasteiger partial charge >= 0.3 is 5.97 Å². The normalized spacial score (nSPS) is 23.7. The molecule has 5 heteroatoms. The van der Waals surface area contributed by atoms with Gasteiger partial charge in [-0.2, -0.15) is 0 Å². The maximum absolute atomic E-state index is 13.0. The van der Waals surface area contributed by atoms with E-state index in [9.17, 15) is 14.3 Å². The van der Waals surface area contributed by atoms with E-state index in [0.717, 1.165) is 38.3 Å². The van der Waals surface area contributed by atoms with Crippen molar-refractivity contribution < 1.29 is 19.4 Å². The van der Waals surface area contributed by atoms with Crippen LogP contribution < -0.4 is 5.32 Å². The topological polar surface area (TPSA) is 69.6 Å². The molecule has 1 aliphatic rings. The number of carboxylic acid groups (broad SMARTS) is 1. The number of hydrogen-bond acceptors (Lipinski definition) is 3. The Labute approximate surface area is 124 Å². The predicted molar refractivity (Wildman–Crippen MR) is 77.6 cm³/mol. The molecule has 0 aromatic heterocycles. The van der Waals surface area contributed by atoms with Crippen molar-refractivity contribution in [3.63, 3.8) is 0 Å². The highest BCUT2D eigenvalue weighted by atomic mass is 19.1. The lowest BCUT2D eigenvalue weighted by Crippen LogP contribution is -2.30. The summed E-state index contributed by atoms with van der Waals surface area (Å²) in [5, 5.41) is 22.1. The number of rotatable bonds is 5. The second-order valence-electron chi connectivity index (χ2n) is 5.89. The zero-order valence-electron chi connectivity index (χ0n) is 12.2. The molecule has 2 rings (SSSR count). The van der Waals surface area contributed by atoms with Gasteiger partial charge in [-0.1, -0.05) is 6.07 Å². The lowest BCUT2D eigenvalue weighted by molar-refractivity contribution is -0.143. The van der Waals surface area contributed by atoms with Gasteiger partial charge in [0.25, 0.3) is 0 Å². The number of aliphatic carboxylic acids is 1. The summed E-state index contributed by atoms with van der Waals surface area (Å²) in [7, 11) is 0. The number of benzene rings is 1. The van der Waals surface area contributed by atoms with Crippen molar-refractivity contribution in [2.24, 2.45) is 11.8 Å². The molecule has 21 heavy (non-hydrogen) atoms. The van der Waals surface area contributed by atoms with Gasteiger partial charge in [0.15, 0.2) is 0 Å². The van der Waals surface area contributed by atoms with Crippen LogP contribution in [0.1, 0.15) is 44.2 Å². The Bertz CT molecular complexity index is 498. The minimum Gasteiger partial charge on any atom is -0.508 e. The molecule has 1 aliphatic carbocycles. The minimum absolute atomic E-state index is 0.0374. The van der Waals surface area contributed by atoms with Gasteiger partial charge in [0.05, 0.1) is 5.92 Å². The molecule has 0 saturated heterocycles. The van der Waals surface area contributed by atoms with Gasteiger partial charge in [0, 0.05) is 17.7 Å². The molecular formula is C16H22FNO3. The van der Waals surface area contributed by atoms with Crippen molar-refractivity contribution in [1.82, 2.24) is 5.32 Å². The molecule has 1 saturated carbocycles. The molecule has 1 atom stereocenters. The number of carboxylic acids is 1. The summed E-state index contributed by atoms with van der Waals surface area (Å²) in [5.41, 5.74) is 0.677. The molecular weight excluding hydrogens is 273 g/mol. The first kappa shape index (κ1) is 15.8. The van der Waals surface area contributed by atoms with E-state index in [1.807, 2.05) is 6.92 Å². The van der Waals surface area contributed by atoms with Crippen LogP contribution in [-0.2, 0) is 4.79 Å². The molecule has 0 spiro atoms. The average Bonchev–Trinajstić information content (AvgIpc) is 2.45. The van der Waals surface area contributed by atoms with E-state index < -0.39 is 11.8 Å². The van der Waals surface area contributed by atoms with E-state index >= 15 is 0 Å². The largest absolute Gasteiger partial charge is 0.508 e.